The molecule has 0 N–H and O–H groups in total. The fourth-order valence-corrected chi connectivity index (χ4v) is 4.11. The number of halogens is 1. The predicted octanol–water partition coefficient (Wildman–Crippen LogP) is 3.57. The second-order valence-electron chi connectivity index (χ2n) is 6.28. The molecule has 0 atom stereocenters. The number of hydrogen-bond donors (Lipinski definition) is 0. The molecule has 1 aromatic heterocycles. The van der Waals surface area contributed by atoms with E-state index in [4.69, 9.17) is 11.6 Å². The maximum atomic E-state index is 12.1. The van der Waals surface area contributed by atoms with E-state index < -0.39 is 9.84 Å². The van der Waals surface area contributed by atoms with Crippen molar-refractivity contribution in [2.75, 3.05) is 6.26 Å². The standard InChI is InChI=1S/C17H16ClN3O2S/c1-24(22,23)15-5-3-2-4-12(15)13-8-9-14-17(16(13)18)19-20-21(14)10-11-6-7-11/h2-5,8-9,11H,6-7,10H2,1H3. The Morgan fingerprint density at radius 1 is 1.17 bits per heavy atom. The summed E-state index contributed by atoms with van der Waals surface area (Å²) in [4.78, 5) is 0.261. The van der Waals surface area contributed by atoms with Crippen molar-refractivity contribution in [3.63, 3.8) is 0 Å². The van der Waals surface area contributed by atoms with E-state index in [0.717, 1.165) is 12.1 Å². The zero-order chi connectivity index (χ0) is 16.9. The lowest BCUT2D eigenvalue weighted by Crippen LogP contribution is -2.02. The molecular formula is C17H16ClN3O2S. The first-order chi connectivity index (χ1) is 11.4. The summed E-state index contributed by atoms with van der Waals surface area (Å²) in [7, 11) is -3.35. The quantitative estimate of drug-likeness (QED) is 0.712. The fraction of sp³-hybridized carbons (Fsp3) is 0.294. The first-order valence-electron chi connectivity index (χ1n) is 7.76. The van der Waals surface area contributed by atoms with Crippen molar-refractivity contribution in [2.24, 2.45) is 5.92 Å². The van der Waals surface area contributed by atoms with Gasteiger partial charge in [0.1, 0.15) is 5.52 Å². The van der Waals surface area contributed by atoms with Gasteiger partial charge in [0.05, 0.1) is 15.4 Å². The van der Waals surface area contributed by atoms with Crippen LogP contribution in [0.4, 0.5) is 0 Å². The van der Waals surface area contributed by atoms with Crippen LogP contribution in [0.1, 0.15) is 12.8 Å². The van der Waals surface area contributed by atoms with E-state index in [9.17, 15) is 8.42 Å². The molecule has 1 aliphatic carbocycles. The summed E-state index contributed by atoms with van der Waals surface area (Å²) < 4.78 is 26.0. The maximum Gasteiger partial charge on any atom is 0.176 e. The molecule has 7 heteroatoms. The second kappa shape index (κ2) is 5.57. The molecule has 1 saturated carbocycles. The van der Waals surface area contributed by atoms with Gasteiger partial charge in [-0.3, -0.25) is 0 Å². The summed E-state index contributed by atoms with van der Waals surface area (Å²) in [6, 6.07) is 10.6. The van der Waals surface area contributed by atoms with Gasteiger partial charge in [-0.25, -0.2) is 13.1 Å². The van der Waals surface area contributed by atoms with E-state index in [0.29, 0.717) is 27.6 Å². The van der Waals surface area contributed by atoms with Gasteiger partial charge in [0.25, 0.3) is 0 Å². The van der Waals surface area contributed by atoms with Gasteiger partial charge < -0.3 is 0 Å². The first-order valence-corrected chi connectivity index (χ1v) is 10.0. The van der Waals surface area contributed by atoms with Gasteiger partial charge in [-0.05, 0) is 30.9 Å². The van der Waals surface area contributed by atoms with Crippen LogP contribution in [0, 0.1) is 5.92 Å². The Morgan fingerprint density at radius 3 is 2.62 bits per heavy atom. The molecule has 124 valence electrons. The Kier molecular flexibility index (Phi) is 3.62. The highest BCUT2D eigenvalue weighted by Gasteiger charge is 2.24. The van der Waals surface area contributed by atoms with E-state index in [1.165, 1.54) is 19.1 Å². The molecule has 24 heavy (non-hydrogen) atoms. The van der Waals surface area contributed by atoms with Crippen LogP contribution >= 0.6 is 11.6 Å². The number of sulfone groups is 1. The lowest BCUT2D eigenvalue weighted by Gasteiger charge is -2.10. The van der Waals surface area contributed by atoms with Crippen molar-refractivity contribution in [1.29, 1.82) is 0 Å². The van der Waals surface area contributed by atoms with E-state index >= 15 is 0 Å². The van der Waals surface area contributed by atoms with Crippen molar-refractivity contribution < 1.29 is 8.42 Å². The fourth-order valence-electron chi connectivity index (χ4n) is 2.91. The highest BCUT2D eigenvalue weighted by Crippen LogP contribution is 2.37. The van der Waals surface area contributed by atoms with Crippen molar-refractivity contribution in [3.05, 3.63) is 41.4 Å². The minimum atomic E-state index is -3.35. The molecule has 0 bridgehead atoms. The predicted molar refractivity (Wildman–Crippen MR) is 93.8 cm³/mol. The normalized spacial score (nSPS) is 15.1. The molecule has 0 aliphatic heterocycles. The Balaban J connectivity index is 1.88. The van der Waals surface area contributed by atoms with Crippen LogP contribution < -0.4 is 0 Å². The molecule has 0 spiro atoms. The number of fused-ring (bicyclic) bond motifs is 1. The monoisotopic (exact) mass is 361 g/mol. The summed E-state index contributed by atoms with van der Waals surface area (Å²) in [5.74, 6) is 0.680. The maximum absolute atomic E-state index is 12.1. The lowest BCUT2D eigenvalue weighted by molar-refractivity contribution is 0.559. The Labute approximate surface area is 145 Å². The minimum Gasteiger partial charge on any atom is -0.244 e. The largest absolute Gasteiger partial charge is 0.244 e. The molecule has 0 radical (unpaired) electrons. The van der Waals surface area contributed by atoms with Gasteiger partial charge in [0, 0.05) is 23.9 Å². The number of aromatic nitrogens is 3. The summed E-state index contributed by atoms with van der Waals surface area (Å²) in [5.41, 5.74) is 2.73. The second-order valence-corrected chi connectivity index (χ2v) is 8.64. The Morgan fingerprint density at radius 2 is 1.92 bits per heavy atom. The zero-order valence-electron chi connectivity index (χ0n) is 13.1. The summed E-state index contributed by atoms with van der Waals surface area (Å²) >= 11 is 6.55. The summed E-state index contributed by atoms with van der Waals surface area (Å²) in [6.07, 6.45) is 3.66. The van der Waals surface area contributed by atoms with E-state index in [2.05, 4.69) is 10.3 Å². The summed E-state index contributed by atoms with van der Waals surface area (Å²) in [6.45, 7) is 0.853. The molecule has 3 aromatic rings. The van der Waals surface area contributed by atoms with Crippen LogP contribution in [-0.4, -0.2) is 29.7 Å². The van der Waals surface area contributed by atoms with Gasteiger partial charge >= 0.3 is 0 Å². The molecule has 1 heterocycles. The van der Waals surface area contributed by atoms with Crippen molar-refractivity contribution in [1.82, 2.24) is 15.0 Å². The molecule has 2 aromatic carbocycles. The highest BCUT2D eigenvalue weighted by molar-refractivity contribution is 7.90. The number of rotatable bonds is 4. The van der Waals surface area contributed by atoms with Gasteiger partial charge in [0.2, 0.25) is 0 Å². The lowest BCUT2D eigenvalue weighted by atomic mass is 10.0. The topological polar surface area (TPSA) is 64.8 Å². The van der Waals surface area contributed by atoms with E-state index in [1.54, 1.807) is 24.3 Å². The molecule has 0 saturated heterocycles. The SMILES string of the molecule is CS(=O)(=O)c1ccccc1-c1ccc2c(nnn2CC2CC2)c1Cl. The molecule has 1 fully saturated rings. The molecule has 1 aliphatic rings. The molecule has 0 unspecified atom stereocenters. The average molecular weight is 362 g/mol. The molecule has 5 nitrogen and oxygen atoms in total. The Hall–Kier alpha value is -1.92. The van der Waals surface area contributed by atoms with Gasteiger partial charge in [0.15, 0.2) is 9.84 Å². The van der Waals surface area contributed by atoms with Crippen LogP contribution in [0.2, 0.25) is 5.02 Å². The van der Waals surface area contributed by atoms with Gasteiger partial charge in [-0.2, -0.15) is 0 Å². The van der Waals surface area contributed by atoms with Crippen molar-refractivity contribution in [3.8, 4) is 11.1 Å². The minimum absolute atomic E-state index is 0.261. The third-order valence-electron chi connectivity index (χ3n) is 4.33. The molecular weight excluding hydrogens is 346 g/mol. The third-order valence-corrected chi connectivity index (χ3v) is 5.87. The van der Waals surface area contributed by atoms with Crippen LogP contribution in [0.3, 0.4) is 0 Å². The van der Waals surface area contributed by atoms with Crippen molar-refractivity contribution >= 4 is 32.5 Å². The number of hydrogen-bond acceptors (Lipinski definition) is 4. The van der Waals surface area contributed by atoms with Crippen LogP contribution in [0.15, 0.2) is 41.3 Å². The van der Waals surface area contributed by atoms with Gasteiger partial charge in [-0.1, -0.05) is 41.1 Å². The highest BCUT2D eigenvalue weighted by atomic mass is 35.5. The van der Waals surface area contributed by atoms with E-state index in [-0.39, 0.29) is 4.90 Å². The smallest absolute Gasteiger partial charge is 0.176 e. The number of benzene rings is 2. The van der Waals surface area contributed by atoms with Crippen molar-refractivity contribution in [2.45, 2.75) is 24.3 Å². The molecule has 0 amide bonds. The summed E-state index contributed by atoms with van der Waals surface area (Å²) in [5, 5.41) is 8.85. The number of nitrogens with zero attached hydrogens (tertiary/aromatic N) is 3. The molecule has 4 rings (SSSR count). The van der Waals surface area contributed by atoms with E-state index in [1.807, 2.05) is 16.8 Å². The third kappa shape index (κ3) is 2.70. The average Bonchev–Trinajstić information content (AvgIpc) is 3.26. The van der Waals surface area contributed by atoms with Crippen LogP contribution in [0.25, 0.3) is 22.2 Å². The first kappa shape index (κ1) is 15.6. The Bertz CT molecular complexity index is 1040. The van der Waals surface area contributed by atoms with Gasteiger partial charge in [-0.15, -0.1) is 5.10 Å². The van der Waals surface area contributed by atoms with Crippen LogP contribution in [0.5, 0.6) is 0 Å². The van der Waals surface area contributed by atoms with Crippen LogP contribution in [-0.2, 0) is 16.4 Å². The zero-order valence-corrected chi connectivity index (χ0v) is 14.7.